The van der Waals surface area contributed by atoms with Crippen molar-refractivity contribution in [1.82, 2.24) is 4.98 Å². The molecule has 0 aliphatic carbocycles. The molecular weight excluding hydrogens is 323 g/mol. The van der Waals surface area contributed by atoms with Crippen molar-refractivity contribution in [3.05, 3.63) is 20.1 Å². The van der Waals surface area contributed by atoms with Crippen LogP contribution in [0, 0.1) is 0 Å². The lowest BCUT2D eigenvalue weighted by Gasteiger charge is -2.09. The van der Waals surface area contributed by atoms with Crippen LogP contribution >= 0.6 is 45.9 Å². The Balaban J connectivity index is 1.67. The number of anilines is 1. The molecule has 1 saturated heterocycles. The lowest BCUT2D eigenvalue weighted by atomic mass is 10.2. The van der Waals surface area contributed by atoms with Crippen molar-refractivity contribution in [3.8, 4) is 11.3 Å². The number of nitrogens with zero attached hydrogens (tertiary/aromatic N) is 1. The Morgan fingerprint density at radius 2 is 2.37 bits per heavy atom. The number of aromatic nitrogens is 1. The predicted molar refractivity (Wildman–Crippen MR) is 82.9 cm³/mol. The van der Waals surface area contributed by atoms with E-state index in [1.165, 1.54) is 11.3 Å². The second-order valence-electron chi connectivity index (χ2n) is 4.29. The molecule has 0 unspecified atom stereocenters. The Kier molecular flexibility index (Phi) is 4.29. The van der Waals surface area contributed by atoms with E-state index in [1.807, 2.05) is 11.4 Å². The third-order valence-corrected chi connectivity index (χ3v) is 5.23. The highest BCUT2D eigenvalue weighted by atomic mass is 35.5. The van der Waals surface area contributed by atoms with Crippen LogP contribution in [0.4, 0.5) is 5.13 Å². The second-order valence-corrected chi connectivity index (χ2v) is 7.44. The maximum atomic E-state index is 6.13. The maximum Gasteiger partial charge on any atom is 0.183 e. The molecule has 3 nitrogen and oxygen atoms in total. The van der Waals surface area contributed by atoms with Crippen LogP contribution in [0.5, 0.6) is 0 Å². The first-order valence-corrected chi connectivity index (χ1v) is 8.44. The Morgan fingerprint density at radius 3 is 3.05 bits per heavy atom. The molecule has 1 aliphatic heterocycles. The fourth-order valence-corrected chi connectivity index (χ4v) is 4.20. The molecule has 0 amide bonds. The van der Waals surface area contributed by atoms with E-state index in [0.29, 0.717) is 14.8 Å². The molecule has 1 aliphatic rings. The number of thiazole rings is 1. The van der Waals surface area contributed by atoms with Gasteiger partial charge in [0, 0.05) is 24.1 Å². The normalized spacial score (nSPS) is 18.9. The molecule has 1 atom stereocenters. The van der Waals surface area contributed by atoms with E-state index in [1.54, 1.807) is 11.3 Å². The number of hydrogen-bond acceptors (Lipinski definition) is 5. The van der Waals surface area contributed by atoms with Crippen molar-refractivity contribution >= 4 is 51.0 Å². The van der Waals surface area contributed by atoms with Crippen LogP contribution in [0.3, 0.4) is 0 Å². The SMILES string of the molecule is Clc1cc(-c2csc(NC[C@@H]3CCCO3)n2)c(Cl)s1. The zero-order valence-electron chi connectivity index (χ0n) is 9.99. The van der Waals surface area contributed by atoms with Crippen LogP contribution in [-0.4, -0.2) is 24.2 Å². The van der Waals surface area contributed by atoms with E-state index in [4.69, 9.17) is 27.9 Å². The monoisotopic (exact) mass is 334 g/mol. The summed E-state index contributed by atoms with van der Waals surface area (Å²) in [6.45, 7) is 1.68. The number of rotatable bonds is 4. The van der Waals surface area contributed by atoms with Gasteiger partial charge in [0.2, 0.25) is 0 Å². The summed E-state index contributed by atoms with van der Waals surface area (Å²) in [4.78, 5) is 4.53. The molecule has 0 spiro atoms. The molecule has 1 fully saturated rings. The topological polar surface area (TPSA) is 34.1 Å². The average molecular weight is 335 g/mol. The molecule has 3 heterocycles. The van der Waals surface area contributed by atoms with Gasteiger partial charge in [-0.2, -0.15) is 0 Å². The predicted octanol–water partition coefficient (Wildman–Crippen LogP) is 4.77. The molecule has 7 heteroatoms. The highest BCUT2D eigenvalue weighted by molar-refractivity contribution is 7.20. The summed E-state index contributed by atoms with van der Waals surface area (Å²) >= 11 is 15.0. The van der Waals surface area contributed by atoms with E-state index in [0.717, 1.165) is 42.4 Å². The van der Waals surface area contributed by atoms with E-state index >= 15 is 0 Å². The van der Waals surface area contributed by atoms with Gasteiger partial charge in [0.25, 0.3) is 0 Å². The molecule has 3 rings (SSSR count). The molecule has 19 heavy (non-hydrogen) atoms. The zero-order valence-corrected chi connectivity index (χ0v) is 13.1. The lowest BCUT2D eigenvalue weighted by molar-refractivity contribution is 0.120. The van der Waals surface area contributed by atoms with Gasteiger partial charge in [0.15, 0.2) is 5.13 Å². The lowest BCUT2D eigenvalue weighted by Crippen LogP contribution is -2.18. The Bertz CT molecular complexity index is 564. The van der Waals surface area contributed by atoms with Crippen molar-refractivity contribution in [2.75, 3.05) is 18.5 Å². The van der Waals surface area contributed by atoms with Gasteiger partial charge in [-0.05, 0) is 18.9 Å². The van der Waals surface area contributed by atoms with Gasteiger partial charge in [-0.1, -0.05) is 23.2 Å². The first-order chi connectivity index (χ1) is 9.22. The van der Waals surface area contributed by atoms with Crippen LogP contribution in [0.25, 0.3) is 11.3 Å². The number of ether oxygens (including phenoxy) is 1. The van der Waals surface area contributed by atoms with E-state index in [9.17, 15) is 0 Å². The maximum absolute atomic E-state index is 6.13. The molecular formula is C12H12Cl2N2OS2. The first-order valence-electron chi connectivity index (χ1n) is 5.98. The number of halogens is 2. The molecule has 102 valence electrons. The van der Waals surface area contributed by atoms with Crippen molar-refractivity contribution in [3.63, 3.8) is 0 Å². The molecule has 0 aromatic carbocycles. The third-order valence-electron chi connectivity index (χ3n) is 2.94. The summed E-state index contributed by atoms with van der Waals surface area (Å²) in [5.74, 6) is 0. The van der Waals surface area contributed by atoms with Crippen LogP contribution in [0.1, 0.15) is 12.8 Å². The van der Waals surface area contributed by atoms with E-state index in [-0.39, 0.29) is 0 Å². The van der Waals surface area contributed by atoms with Crippen molar-refractivity contribution < 1.29 is 4.74 Å². The molecule has 0 bridgehead atoms. The summed E-state index contributed by atoms with van der Waals surface area (Å²) in [7, 11) is 0. The van der Waals surface area contributed by atoms with Crippen LogP contribution in [-0.2, 0) is 4.74 Å². The minimum atomic E-state index is 0.312. The average Bonchev–Trinajstić information content (AvgIpc) is 3.08. The number of hydrogen-bond donors (Lipinski definition) is 1. The number of nitrogens with one attached hydrogen (secondary N) is 1. The van der Waals surface area contributed by atoms with Gasteiger partial charge in [0.05, 0.1) is 16.1 Å². The van der Waals surface area contributed by atoms with Gasteiger partial charge >= 0.3 is 0 Å². The zero-order chi connectivity index (χ0) is 13.2. The minimum Gasteiger partial charge on any atom is -0.376 e. The summed E-state index contributed by atoms with van der Waals surface area (Å²) in [5.41, 5.74) is 1.77. The third kappa shape index (κ3) is 3.23. The van der Waals surface area contributed by atoms with E-state index < -0.39 is 0 Å². The van der Waals surface area contributed by atoms with Crippen molar-refractivity contribution in [2.24, 2.45) is 0 Å². The quantitative estimate of drug-likeness (QED) is 0.874. The Labute approximate surface area is 129 Å². The summed E-state index contributed by atoms with van der Waals surface area (Å²) in [6.07, 6.45) is 2.59. The highest BCUT2D eigenvalue weighted by Gasteiger charge is 2.16. The molecule has 0 saturated carbocycles. The Morgan fingerprint density at radius 1 is 1.47 bits per heavy atom. The molecule has 1 N–H and O–H groups in total. The minimum absolute atomic E-state index is 0.312. The van der Waals surface area contributed by atoms with Gasteiger partial charge < -0.3 is 10.1 Å². The largest absolute Gasteiger partial charge is 0.376 e. The summed E-state index contributed by atoms with van der Waals surface area (Å²) in [5, 5.41) is 6.19. The Hall–Kier alpha value is -0.330. The highest BCUT2D eigenvalue weighted by Crippen LogP contribution is 2.38. The summed E-state index contributed by atoms with van der Waals surface area (Å²) in [6, 6.07) is 1.85. The molecule has 2 aromatic rings. The second kappa shape index (κ2) is 5.97. The van der Waals surface area contributed by atoms with Crippen LogP contribution in [0.15, 0.2) is 11.4 Å². The fourth-order valence-electron chi connectivity index (χ4n) is 2.00. The molecule has 2 aromatic heterocycles. The van der Waals surface area contributed by atoms with Crippen molar-refractivity contribution in [1.29, 1.82) is 0 Å². The van der Waals surface area contributed by atoms with Gasteiger partial charge in [0.1, 0.15) is 4.34 Å². The number of thiophene rings is 1. The van der Waals surface area contributed by atoms with Gasteiger partial charge in [-0.25, -0.2) is 4.98 Å². The van der Waals surface area contributed by atoms with Crippen molar-refractivity contribution in [2.45, 2.75) is 18.9 Å². The van der Waals surface area contributed by atoms with Gasteiger partial charge in [-0.3, -0.25) is 0 Å². The van der Waals surface area contributed by atoms with E-state index in [2.05, 4.69) is 10.3 Å². The van der Waals surface area contributed by atoms with Crippen LogP contribution < -0.4 is 5.32 Å². The standard InChI is InChI=1S/C12H12Cl2N2OS2/c13-10-4-8(11(14)19-10)9-6-18-12(16-9)15-5-7-2-1-3-17-7/h4,6-7H,1-3,5H2,(H,15,16)/t7-/m0/s1. The fraction of sp³-hybridized carbons (Fsp3) is 0.417. The molecule has 0 radical (unpaired) electrons. The van der Waals surface area contributed by atoms with Crippen LogP contribution in [0.2, 0.25) is 8.67 Å². The summed E-state index contributed by atoms with van der Waals surface area (Å²) < 4.78 is 6.93. The van der Waals surface area contributed by atoms with Gasteiger partial charge in [-0.15, -0.1) is 22.7 Å². The smallest absolute Gasteiger partial charge is 0.183 e. The first kappa shape index (κ1) is 13.6.